The number of benzene rings is 1. The number of nitrogens with one attached hydrogen (secondary N) is 1. The van der Waals surface area contributed by atoms with Crippen molar-refractivity contribution >= 4 is 23.6 Å². The van der Waals surface area contributed by atoms with Gasteiger partial charge in [-0.2, -0.15) is 4.98 Å². The molecule has 2 amide bonds. The second kappa shape index (κ2) is 8.18. The van der Waals surface area contributed by atoms with Crippen molar-refractivity contribution in [3.05, 3.63) is 35.2 Å². The smallest absolute Gasteiger partial charge is 0.325 e. The first kappa shape index (κ1) is 18.2. The van der Waals surface area contributed by atoms with Gasteiger partial charge in [-0.3, -0.25) is 4.79 Å². The summed E-state index contributed by atoms with van der Waals surface area (Å²) in [6.07, 6.45) is 1.53. The van der Waals surface area contributed by atoms with Gasteiger partial charge in [0.2, 0.25) is 11.7 Å². The number of urea groups is 1. The molecule has 3 rings (SSSR count). The van der Waals surface area contributed by atoms with E-state index in [1.165, 1.54) is 0 Å². The summed E-state index contributed by atoms with van der Waals surface area (Å²) < 4.78 is 10.2. The molecule has 1 aromatic carbocycles. The van der Waals surface area contributed by atoms with Crippen LogP contribution < -0.4 is 5.32 Å². The zero-order valence-electron chi connectivity index (χ0n) is 14.3. The molecule has 0 bridgehead atoms. The van der Waals surface area contributed by atoms with Crippen LogP contribution in [0.15, 0.2) is 28.8 Å². The molecule has 1 aliphatic heterocycles. The van der Waals surface area contributed by atoms with E-state index in [2.05, 4.69) is 15.5 Å². The number of esters is 1. The second-order valence-corrected chi connectivity index (χ2v) is 6.21. The lowest BCUT2D eigenvalue weighted by atomic mass is 10.2. The summed E-state index contributed by atoms with van der Waals surface area (Å²) in [5.74, 6) is 0.341. The predicted molar refractivity (Wildman–Crippen MR) is 93.5 cm³/mol. The highest BCUT2D eigenvalue weighted by Crippen LogP contribution is 2.32. The number of hydrogen-bond donors (Lipinski definition) is 1. The minimum Gasteiger partial charge on any atom is -0.465 e. The average Bonchev–Trinajstić information content (AvgIpc) is 3.29. The molecule has 138 valence electrons. The van der Waals surface area contributed by atoms with Crippen LogP contribution in [-0.2, 0) is 9.53 Å². The summed E-state index contributed by atoms with van der Waals surface area (Å²) in [7, 11) is 0. The molecule has 1 aromatic heterocycles. The van der Waals surface area contributed by atoms with Crippen molar-refractivity contribution in [2.24, 2.45) is 0 Å². The van der Waals surface area contributed by atoms with Crippen LogP contribution in [0.4, 0.5) is 4.79 Å². The van der Waals surface area contributed by atoms with Crippen LogP contribution in [0.1, 0.15) is 31.7 Å². The van der Waals surface area contributed by atoms with E-state index in [0.717, 1.165) is 18.4 Å². The van der Waals surface area contributed by atoms with Gasteiger partial charge in [0.15, 0.2) is 0 Å². The maximum atomic E-state index is 12.4. The standard InChI is InChI=1S/C17H19ClN4O4/c1-2-25-14(23)10-19-17(24)22-9-3-4-13(22)16-20-15(21-26-16)11-5-7-12(18)8-6-11/h5-8,13H,2-4,9-10H2,1H3,(H,19,24). The molecule has 1 unspecified atom stereocenters. The van der Waals surface area contributed by atoms with Crippen LogP contribution in [0.5, 0.6) is 0 Å². The number of amides is 2. The molecule has 1 atom stereocenters. The molecule has 2 aromatic rings. The van der Waals surface area contributed by atoms with E-state index in [1.807, 2.05) is 0 Å². The summed E-state index contributed by atoms with van der Waals surface area (Å²) in [6, 6.07) is 6.43. The highest BCUT2D eigenvalue weighted by Gasteiger charge is 2.34. The summed E-state index contributed by atoms with van der Waals surface area (Å²) in [5, 5.41) is 7.18. The highest BCUT2D eigenvalue weighted by molar-refractivity contribution is 6.30. The van der Waals surface area contributed by atoms with Gasteiger partial charge in [0.1, 0.15) is 12.6 Å². The number of carbonyl (C=O) groups is 2. The van der Waals surface area contributed by atoms with E-state index in [4.69, 9.17) is 20.9 Å². The van der Waals surface area contributed by atoms with Gasteiger partial charge in [0.05, 0.1) is 6.61 Å². The third kappa shape index (κ3) is 4.13. The monoisotopic (exact) mass is 378 g/mol. The topological polar surface area (TPSA) is 97.6 Å². The molecule has 0 aliphatic carbocycles. The number of hydrogen-bond acceptors (Lipinski definition) is 6. The van der Waals surface area contributed by atoms with Crippen LogP contribution in [0.3, 0.4) is 0 Å². The Labute approximate surface area is 155 Å². The zero-order valence-corrected chi connectivity index (χ0v) is 15.0. The number of aromatic nitrogens is 2. The van der Waals surface area contributed by atoms with Gasteiger partial charge < -0.3 is 19.5 Å². The Morgan fingerprint density at radius 1 is 1.38 bits per heavy atom. The molecule has 8 nitrogen and oxygen atoms in total. The molecule has 26 heavy (non-hydrogen) atoms. The fourth-order valence-electron chi connectivity index (χ4n) is 2.81. The van der Waals surface area contributed by atoms with E-state index >= 15 is 0 Å². The van der Waals surface area contributed by atoms with Crippen molar-refractivity contribution < 1.29 is 18.8 Å². The molecule has 2 heterocycles. The molecule has 1 N–H and O–H groups in total. The van der Waals surface area contributed by atoms with E-state index in [0.29, 0.717) is 23.3 Å². The van der Waals surface area contributed by atoms with Crippen LogP contribution in [0.2, 0.25) is 5.02 Å². The van der Waals surface area contributed by atoms with Crippen molar-refractivity contribution in [3.63, 3.8) is 0 Å². The summed E-state index contributed by atoms with van der Waals surface area (Å²) >= 11 is 5.89. The molecular formula is C17H19ClN4O4. The van der Waals surface area contributed by atoms with Gasteiger partial charge in [0.25, 0.3) is 0 Å². The number of carbonyl (C=O) groups excluding carboxylic acids is 2. The number of likely N-dealkylation sites (tertiary alicyclic amines) is 1. The molecule has 0 spiro atoms. The number of halogens is 1. The Hall–Kier alpha value is -2.61. The normalized spacial score (nSPS) is 16.5. The first-order chi connectivity index (χ1) is 12.6. The Balaban J connectivity index is 1.67. The van der Waals surface area contributed by atoms with Gasteiger partial charge in [-0.15, -0.1) is 0 Å². The van der Waals surface area contributed by atoms with Crippen LogP contribution in [0.25, 0.3) is 11.4 Å². The van der Waals surface area contributed by atoms with Crippen molar-refractivity contribution in [1.29, 1.82) is 0 Å². The van der Waals surface area contributed by atoms with E-state index in [-0.39, 0.29) is 25.2 Å². The maximum absolute atomic E-state index is 12.4. The molecule has 0 saturated carbocycles. The lowest BCUT2D eigenvalue weighted by Crippen LogP contribution is -2.42. The zero-order chi connectivity index (χ0) is 18.5. The summed E-state index contributed by atoms with van der Waals surface area (Å²) in [5.41, 5.74) is 0.778. The fourth-order valence-corrected chi connectivity index (χ4v) is 2.94. The number of rotatable bonds is 5. The molecule has 1 saturated heterocycles. The Morgan fingerprint density at radius 2 is 2.15 bits per heavy atom. The third-order valence-corrected chi connectivity index (χ3v) is 4.28. The fraction of sp³-hybridized carbons (Fsp3) is 0.412. The van der Waals surface area contributed by atoms with Gasteiger partial charge in [-0.1, -0.05) is 16.8 Å². The average molecular weight is 379 g/mol. The number of nitrogens with zero attached hydrogens (tertiary/aromatic N) is 3. The summed E-state index contributed by atoms with van der Waals surface area (Å²) in [6.45, 7) is 2.37. The predicted octanol–water partition coefficient (Wildman–Crippen LogP) is 2.80. The number of ether oxygens (including phenoxy) is 1. The van der Waals surface area contributed by atoms with Gasteiger partial charge >= 0.3 is 12.0 Å². The molecule has 1 aliphatic rings. The van der Waals surface area contributed by atoms with Gasteiger partial charge in [0, 0.05) is 17.1 Å². The minimum atomic E-state index is -0.473. The first-order valence-corrected chi connectivity index (χ1v) is 8.76. The highest BCUT2D eigenvalue weighted by atomic mass is 35.5. The Morgan fingerprint density at radius 3 is 2.88 bits per heavy atom. The summed E-state index contributed by atoms with van der Waals surface area (Å²) in [4.78, 5) is 29.8. The van der Waals surface area contributed by atoms with Gasteiger partial charge in [-0.05, 0) is 44.0 Å². The SMILES string of the molecule is CCOC(=O)CNC(=O)N1CCCC1c1nc(-c2ccc(Cl)cc2)no1. The van der Waals surface area contributed by atoms with Crippen molar-refractivity contribution in [1.82, 2.24) is 20.4 Å². The van der Waals surface area contributed by atoms with E-state index in [1.54, 1.807) is 36.1 Å². The first-order valence-electron chi connectivity index (χ1n) is 8.38. The second-order valence-electron chi connectivity index (χ2n) is 5.78. The minimum absolute atomic E-state index is 0.171. The Bertz CT molecular complexity index is 777. The quantitative estimate of drug-likeness (QED) is 0.803. The largest absolute Gasteiger partial charge is 0.465 e. The van der Waals surface area contributed by atoms with Crippen LogP contribution >= 0.6 is 11.6 Å². The molecule has 0 radical (unpaired) electrons. The molecular weight excluding hydrogens is 360 g/mol. The van der Waals surface area contributed by atoms with E-state index in [9.17, 15) is 9.59 Å². The lowest BCUT2D eigenvalue weighted by molar-refractivity contribution is -0.141. The van der Waals surface area contributed by atoms with Crippen LogP contribution in [-0.4, -0.2) is 46.7 Å². The van der Waals surface area contributed by atoms with Crippen molar-refractivity contribution in [2.45, 2.75) is 25.8 Å². The third-order valence-electron chi connectivity index (χ3n) is 4.03. The van der Waals surface area contributed by atoms with Crippen LogP contribution in [0, 0.1) is 0 Å². The lowest BCUT2D eigenvalue weighted by Gasteiger charge is -2.21. The van der Waals surface area contributed by atoms with Gasteiger partial charge in [-0.25, -0.2) is 4.79 Å². The van der Waals surface area contributed by atoms with Crippen molar-refractivity contribution in [2.75, 3.05) is 19.7 Å². The molecule has 1 fully saturated rings. The van der Waals surface area contributed by atoms with E-state index < -0.39 is 5.97 Å². The maximum Gasteiger partial charge on any atom is 0.325 e. The van der Waals surface area contributed by atoms with Crippen molar-refractivity contribution in [3.8, 4) is 11.4 Å². The Kier molecular flexibility index (Phi) is 5.72. The molecule has 9 heteroatoms.